The Hall–Kier alpha value is -2.72. The van der Waals surface area contributed by atoms with Gasteiger partial charge < -0.3 is 9.47 Å². The first-order valence-electron chi connectivity index (χ1n) is 11.5. The molecule has 2 unspecified atom stereocenters. The summed E-state index contributed by atoms with van der Waals surface area (Å²) in [5.74, 6) is -1.47. The Morgan fingerprint density at radius 3 is 2.19 bits per heavy atom. The third kappa shape index (κ3) is 4.86. The number of rotatable bonds is 7. The van der Waals surface area contributed by atoms with Crippen LogP contribution in [-0.4, -0.2) is 13.2 Å². The van der Waals surface area contributed by atoms with Gasteiger partial charge in [0.05, 0.1) is 19.3 Å². The number of hydrogen-bond acceptors (Lipinski definition) is 2. The maximum absolute atomic E-state index is 14.5. The lowest BCUT2D eigenvalue weighted by atomic mass is 9.88. The molecule has 0 amide bonds. The van der Waals surface area contributed by atoms with Crippen LogP contribution in [-0.2, 0) is 11.2 Å². The molecule has 0 radical (unpaired) electrons. The Morgan fingerprint density at radius 1 is 0.844 bits per heavy atom. The van der Waals surface area contributed by atoms with Gasteiger partial charge >= 0.3 is 0 Å². The molecule has 1 heterocycles. The predicted molar refractivity (Wildman–Crippen MR) is 124 cm³/mol. The van der Waals surface area contributed by atoms with Crippen molar-refractivity contribution in [3.63, 3.8) is 0 Å². The molecule has 1 fully saturated rings. The first-order valence-corrected chi connectivity index (χ1v) is 11.5. The third-order valence-corrected chi connectivity index (χ3v) is 6.21. The molecule has 0 bridgehead atoms. The molecule has 2 atom stereocenters. The van der Waals surface area contributed by atoms with E-state index in [1.165, 1.54) is 17.2 Å². The van der Waals surface area contributed by atoms with Crippen molar-refractivity contribution in [3.8, 4) is 16.9 Å². The van der Waals surface area contributed by atoms with Gasteiger partial charge in [-0.25, -0.2) is 4.39 Å². The van der Waals surface area contributed by atoms with Gasteiger partial charge in [0.15, 0.2) is 11.6 Å². The van der Waals surface area contributed by atoms with Gasteiger partial charge in [-0.15, -0.1) is 0 Å². The van der Waals surface area contributed by atoms with Crippen LogP contribution in [0.3, 0.4) is 0 Å². The molecule has 2 nitrogen and oxygen atoms in total. The van der Waals surface area contributed by atoms with Crippen molar-refractivity contribution >= 4 is 0 Å². The monoisotopic (exact) mass is 436 g/mol. The molecule has 4 rings (SSSR count). The highest BCUT2D eigenvalue weighted by Crippen LogP contribution is 2.37. The van der Waals surface area contributed by atoms with Crippen LogP contribution in [0.2, 0.25) is 0 Å². The quantitative estimate of drug-likeness (QED) is 0.379. The highest BCUT2D eigenvalue weighted by atomic mass is 19.2. The second kappa shape index (κ2) is 10.3. The lowest BCUT2D eigenvalue weighted by Gasteiger charge is -2.30. The summed E-state index contributed by atoms with van der Waals surface area (Å²) in [4.78, 5) is 0. The molecule has 1 saturated heterocycles. The van der Waals surface area contributed by atoms with Gasteiger partial charge in [-0.2, -0.15) is 4.39 Å². The van der Waals surface area contributed by atoms with Gasteiger partial charge in [0.1, 0.15) is 0 Å². The molecular weight excluding hydrogens is 406 g/mol. The zero-order valence-electron chi connectivity index (χ0n) is 18.7. The van der Waals surface area contributed by atoms with Crippen LogP contribution in [0.5, 0.6) is 5.75 Å². The number of aryl methyl sites for hydroxylation is 1. The zero-order chi connectivity index (χ0) is 22.5. The molecule has 3 aromatic rings. The number of hydrogen-bond donors (Lipinski definition) is 0. The van der Waals surface area contributed by atoms with Crippen LogP contribution in [0.15, 0.2) is 60.7 Å². The Morgan fingerprint density at radius 2 is 1.56 bits per heavy atom. The summed E-state index contributed by atoms with van der Waals surface area (Å²) in [5.41, 5.74) is 4.65. The lowest BCUT2D eigenvalue weighted by molar-refractivity contribution is 0.00238. The molecular formula is C28H30F2O2. The van der Waals surface area contributed by atoms with Gasteiger partial charge in [-0.1, -0.05) is 61.9 Å². The van der Waals surface area contributed by atoms with Crippen LogP contribution in [0, 0.1) is 11.6 Å². The normalized spacial score (nSPS) is 18.5. The second-order valence-electron chi connectivity index (χ2n) is 8.38. The fourth-order valence-corrected chi connectivity index (χ4v) is 4.42. The lowest BCUT2D eigenvalue weighted by Crippen LogP contribution is -2.19. The maximum Gasteiger partial charge on any atom is 0.201 e. The van der Waals surface area contributed by atoms with E-state index in [4.69, 9.17) is 9.47 Å². The minimum Gasteiger partial charge on any atom is -0.491 e. The Balaban J connectivity index is 1.41. The van der Waals surface area contributed by atoms with Crippen LogP contribution < -0.4 is 4.74 Å². The first kappa shape index (κ1) is 22.5. The molecule has 0 saturated carbocycles. The summed E-state index contributed by atoms with van der Waals surface area (Å²) in [7, 11) is 0. The van der Waals surface area contributed by atoms with E-state index in [2.05, 4.69) is 31.2 Å². The Kier molecular flexibility index (Phi) is 7.21. The minimum atomic E-state index is -0.946. The molecule has 0 aromatic heterocycles. The highest BCUT2D eigenvalue weighted by molar-refractivity contribution is 5.65. The van der Waals surface area contributed by atoms with E-state index in [-0.39, 0.29) is 24.0 Å². The largest absolute Gasteiger partial charge is 0.491 e. The van der Waals surface area contributed by atoms with E-state index in [0.29, 0.717) is 18.1 Å². The number of ether oxygens (including phenoxy) is 2. The highest BCUT2D eigenvalue weighted by Gasteiger charge is 2.24. The van der Waals surface area contributed by atoms with Gasteiger partial charge in [0.25, 0.3) is 0 Å². The van der Waals surface area contributed by atoms with Crippen molar-refractivity contribution in [2.75, 3.05) is 13.2 Å². The molecule has 0 aliphatic carbocycles. The molecule has 168 valence electrons. The average molecular weight is 437 g/mol. The van der Waals surface area contributed by atoms with E-state index in [1.807, 2.05) is 24.3 Å². The van der Waals surface area contributed by atoms with Crippen LogP contribution in [0.1, 0.15) is 61.8 Å². The fraction of sp³-hybridized carbons (Fsp3) is 0.357. The standard InChI is InChI=1S/C28H30F2O2/c1-3-5-19-6-8-20(9-7-19)23-14-16-25(32-18-23)22-12-10-21(11-13-22)24-15-17-26(31-4-2)28(30)27(24)29/h6-13,15,17,23,25H,3-5,14,16,18H2,1-2H3. The zero-order valence-corrected chi connectivity index (χ0v) is 18.7. The summed E-state index contributed by atoms with van der Waals surface area (Å²) in [6, 6.07) is 19.5. The van der Waals surface area contributed by atoms with E-state index in [0.717, 1.165) is 31.2 Å². The van der Waals surface area contributed by atoms with Crippen molar-refractivity contribution in [2.24, 2.45) is 0 Å². The Bertz CT molecular complexity index is 1020. The molecule has 32 heavy (non-hydrogen) atoms. The first-order chi connectivity index (χ1) is 15.6. The van der Waals surface area contributed by atoms with E-state index < -0.39 is 11.6 Å². The van der Waals surface area contributed by atoms with Crippen LogP contribution in [0.4, 0.5) is 8.78 Å². The maximum atomic E-state index is 14.5. The summed E-state index contributed by atoms with van der Waals surface area (Å²) in [6.07, 6.45) is 4.31. The van der Waals surface area contributed by atoms with Crippen molar-refractivity contribution in [1.82, 2.24) is 0 Å². The summed E-state index contributed by atoms with van der Waals surface area (Å²) in [6.45, 7) is 4.92. The van der Waals surface area contributed by atoms with Crippen molar-refractivity contribution in [2.45, 2.75) is 51.6 Å². The SMILES string of the molecule is CCCc1ccc(C2CCC(c3ccc(-c4ccc(OCC)c(F)c4F)cc3)OC2)cc1. The van der Waals surface area contributed by atoms with Gasteiger partial charge in [-0.3, -0.25) is 0 Å². The second-order valence-corrected chi connectivity index (χ2v) is 8.38. The molecule has 4 heteroatoms. The third-order valence-electron chi connectivity index (χ3n) is 6.21. The summed E-state index contributed by atoms with van der Waals surface area (Å²) < 4.78 is 40.1. The molecule has 0 N–H and O–H groups in total. The molecule has 1 aliphatic heterocycles. The smallest absolute Gasteiger partial charge is 0.201 e. The molecule has 1 aliphatic rings. The number of halogens is 2. The van der Waals surface area contributed by atoms with Gasteiger partial charge in [0, 0.05) is 11.5 Å². The average Bonchev–Trinajstić information content (AvgIpc) is 2.83. The molecule has 3 aromatic carbocycles. The van der Waals surface area contributed by atoms with Crippen LogP contribution >= 0.6 is 0 Å². The van der Waals surface area contributed by atoms with Crippen molar-refractivity contribution < 1.29 is 18.3 Å². The van der Waals surface area contributed by atoms with Crippen LogP contribution in [0.25, 0.3) is 11.1 Å². The van der Waals surface area contributed by atoms with Gasteiger partial charge in [-0.05, 0) is 60.6 Å². The van der Waals surface area contributed by atoms with E-state index in [9.17, 15) is 8.78 Å². The fourth-order valence-electron chi connectivity index (χ4n) is 4.42. The topological polar surface area (TPSA) is 18.5 Å². The minimum absolute atomic E-state index is 0.0292. The van der Waals surface area contributed by atoms with Crippen molar-refractivity contribution in [1.29, 1.82) is 0 Å². The summed E-state index contributed by atoms with van der Waals surface area (Å²) in [5, 5.41) is 0. The molecule has 0 spiro atoms. The summed E-state index contributed by atoms with van der Waals surface area (Å²) >= 11 is 0. The van der Waals surface area contributed by atoms with E-state index >= 15 is 0 Å². The van der Waals surface area contributed by atoms with Crippen molar-refractivity contribution in [3.05, 3.63) is 89.0 Å². The predicted octanol–water partition coefficient (Wildman–Crippen LogP) is 7.62. The van der Waals surface area contributed by atoms with E-state index in [1.54, 1.807) is 13.0 Å². The van der Waals surface area contributed by atoms with Gasteiger partial charge in [0.2, 0.25) is 5.82 Å². The number of benzene rings is 3. The Labute approximate surface area is 189 Å².